The molecule has 0 aliphatic carbocycles. The van der Waals surface area contributed by atoms with Crippen LogP contribution in [0.3, 0.4) is 0 Å². The molecule has 98 valence electrons. The van der Waals surface area contributed by atoms with Crippen LogP contribution in [0.25, 0.3) is 0 Å². The molecule has 0 saturated heterocycles. The number of rotatable bonds is 3. The first kappa shape index (κ1) is 14.1. The molecule has 1 amide bonds. The first-order valence-corrected chi connectivity index (χ1v) is 6.99. The van der Waals surface area contributed by atoms with Crippen LogP contribution >= 0.6 is 31.9 Å². The van der Waals surface area contributed by atoms with Crippen LogP contribution in [0.2, 0.25) is 0 Å². The van der Waals surface area contributed by atoms with Gasteiger partial charge in [-0.15, -0.1) is 0 Å². The van der Waals surface area contributed by atoms with Gasteiger partial charge in [-0.1, -0.05) is 15.9 Å². The van der Waals surface area contributed by atoms with E-state index in [2.05, 4.69) is 42.2 Å². The van der Waals surface area contributed by atoms with Gasteiger partial charge in [-0.25, -0.2) is 9.37 Å². The number of benzene rings is 1. The summed E-state index contributed by atoms with van der Waals surface area (Å²) in [6, 6.07) is 7.90. The summed E-state index contributed by atoms with van der Waals surface area (Å²) in [7, 11) is 0. The molecular formula is C13H9Br2FN2O. The monoisotopic (exact) mass is 386 g/mol. The summed E-state index contributed by atoms with van der Waals surface area (Å²) in [4.78, 5) is 15.9. The van der Waals surface area contributed by atoms with Crippen LogP contribution in [-0.4, -0.2) is 10.9 Å². The molecule has 19 heavy (non-hydrogen) atoms. The number of pyridine rings is 1. The molecule has 0 saturated carbocycles. The van der Waals surface area contributed by atoms with Crippen molar-refractivity contribution < 1.29 is 9.18 Å². The Bertz CT molecular complexity index is 619. The fraction of sp³-hybridized carbons (Fsp3) is 0.0769. The molecule has 0 fully saturated rings. The van der Waals surface area contributed by atoms with E-state index in [9.17, 15) is 9.18 Å². The Hall–Kier alpha value is -1.27. The Morgan fingerprint density at radius 2 is 2.11 bits per heavy atom. The van der Waals surface area contributed by atoms with Gasteiger partial charge in [-0.3, -0.25) is 4.79 Å². The molecule has 0 radical (unpaired) electrons. The van der Waals surface area contributed by atoms with Crippen LogP contribution in [0.1, 0.15) is 15.9 Å². The molecular weight excluding hydrogens is 379 g/mol. The van der Waals surface area contributed by atoms with Crippen molar-refractivity contribution in [2.45, 2.75) is 6.54 Å². The smallest absolute Gasteiger partial charge is 0.254 e. The van der Waals surface area contributed by atoms with E-state index in [1.165, 1.54) is 6.07 Å². The number of amides is 1. The van der Waals surface area contributed by atoms with Crippen molar-refractivity contribution in [1.29, 1.82) is 0 Å². The Balaban J connectivity index is 2.09. The summed E-state index contributed by atoms with van der Waals surface area (Å²) in [6.45, 7) is 0.117. The third-order valence-electron chi connectivity index (χ3n) is 2.45. The quantitative estimate of drug-likeness (QED) is 0.816. The van der Waals surface area contributed by atoms with Gasteiger partial charge >= 0.3 is 0 Å². The Labute approximate surface area is 126 Å². The number of halogens is 3. The van der Waals surface area contributed by atoms with Gasteiger partial charge in [0, 0.05) is 22.8 Å². The van der Waals surface area contributed by atoms with E-state index in [-0.39, 0.29) is 18.3 Å². The first-order chi connectivity index (χ1) is 9.08. The van der Waals surface area contributed by atoms with Gasteiger partial charge in [-0.05, 0) is 46.3 Å². The van der Waals surface area contributed by atoms with Gasteiger partial charge in [0.05, 0.1) is 5.56 Å². The molecule has 3 nitrogen and oxygen atoms in total. The Kier molecular flexibility index (Phi) is 4.66. The third-order valence-corrected chi connectivity index (χ3v) is 3.58. The molecule has 0 spiro atoms. The maximum Gasteiger partial charge on any atom is 0.254 e. The molecule has 1 aromatic carbocycles. The number of nitrogens with zero attached hydrogens (tertiary/aromatic N) is 1. The topological polar surface area (TPSA) is 42.0 Å². The molecule has 0 atom stereocenters. The summed E-state index contributed by atoms with van der Waals surface area (Å²) in [5, 5.41) is 2.65. The van der Waals surface area contributed by atoms with E-state index in [0.29, 0.717) is 15.7 Å². The van der Waals surface area contributed by atoms with Crippen LogP contribution < -0.4 is 5.32 Å². The summed E-state index contributed by atoms with van der Waals surface area (Å²) >= 11 is 6.46. The SMILES string of the molecule is O=C(NCc1cc(Br)ccc1F)c1cccnc1Br. The number of hydrogen-bond acceptors (Lipinski definition) is 2. The van der Waals surface area contributed by atoms with Crippen molar-refractivity contribution in [3.8, 4) is 0 Å². The first-order valence-electron chi connectivity index (χ1n) is 5.40. The predicted octanol–water partition coefficient (Wildman–Crippen LogP) is 3.68. The van der Waals surface area contributed by atoms with Crippen molar-refractivity contribution in [2.24, 2.45) is 0 Å². The molecule has 0 bridgehead atoms. The van der Waals surface area contributed by atoms with E-state index in [1.807, 2.05) is 0 Å². The van der Waals surface area contributed by atoms with E-state index in [4.69, 9.17) is 0 Å². The molecule has 6 heteroatoms. The van der Waals surface area contributed by atoms with Gasteiger partial charge in [0.25, 0.3) is 5.91 Å². The fourth-order valence-corrected chi connectivity index (χ4v) is 2.34. The highest BCUT2D eigenvalue weighted by atomic mass is 79.9. The summed E-state index contributed by atoms with van der Waals surface area (Å²) in [5.74, 6) is -0.659. The number of carbonyl (C=O) groups excluding carboxylic acids is 1. The van der Waals surface area contributed by atoms with Crippen LogP contribution in [0.4, 0.5) is 4.39 Å². The lowest BCUT2D eigenvalue weighted by Crippen LogP contribution is -2.23. The second-order valence-electron chi connectivity index (χ2n) is 3.76. The number of aromatic nitrogens is 1. The zero-order chi connectivity index (χ0) is 13.8. The standard InChI is InChI=1S/C13H9Br2FN2O/c14-9-3-4-11(16)8(6-9)7-18-13(19)10-2-1-5-17-12(10)15/h1-6H,7H2,(H,18,19). The Morgan fingerprint density at radius 3 is 2.84 bits per heavy atom. The highest BCUT2D eigenvalue weighted by Gasteiger charge is 2.11. The number of hydrogen-bond donors (Lipinski definition) is 1. The predicted molar refractivity (Wildman–Crippen MR) is 77.2 cm³/mol. The highest BCUT2D eigenvalue weighted by Crippen LogP contribution is 2.16. The van der Waals surface area contributed by atoms with Crippen LogP contribution in [0.5, 0.6) is 0 Å². The van der Waals surface area contributed by atoms with Crippen molar-refractivity contribution in [3.05, 3.63) is 62.5 Å². The molecule has 0 aliphatic heterocycles. The second-order valence-corrected chi connectivity index (χ2v) is 5.43. The normalized spacial score (nSPS) is 10.3. The van der Waals surface area contributed by atoms with E-state index >= 15 is 0 Å². The molecule has 2 aromatic rings. The van der Waals surface area contributed by atoms with Gasteiger partial charge in [-0.2, -0.15) is 0 Å². The lowest BCUT2D eigenvalue weighted by molar-refractivity contribution is 0.0949. The van der Waals surface area contributed by atoms with E-state index in [1.54, 1.807) is 30.5 Å². The van der Waals surface area contributed by atoms with E-state index in [0.717, 1.165) is 4.47 Å². The minimum atomic E-state index is -0.353. The van der Waals surface area contributed by atoms with E-state index < -0.39 is 0 Å². The van der Waals surface area contributed by atoms with Gasteiger partial charge in [0.2, 0.25) is 0 Å². The minimum absolute atomic E-state index is 0.117. The van der Waals surface area contributed by atoms with Crippen LogP contribution in [0, 0.1) is 5.82 Å². The zero-order valence-electron chi connectivity index (χ0n) is 9.66. The average molecular weight is 388 g/mol. The molecule has 1 aromatic heterocycles. The van der Waals surface area contributed by atoms with Gasteiger partial charge in [0.15, 0.2) is 0 Å². The minimum Gasteiger partial charge on any atom is -0.348 e. The summed E-state index contributed by atoms with van der Waals surface area (Å²) < 4.78 is 14.7. The maximum absolute atomic E-state index is 13.5. The van der Waals surface area contributed by atoms with Crippen LogP contribution in [-0.2, 0) is 6.54 Å². The third kappa shape index (κ3) is 3.61. The molecule has 1 N–H and O–H groups in total. The maximum atomic E-state index is 13.5. The molecule has 0 unspecified atom stereocenters. The van der Waals surface area contributed by atoms with Crippen molar-refractivity contribution >= 4 is 37.8 Å². The highest BCUT2D eigenvalue weighted by molar-refractivity contribution is 9.10. The largest absolute Gasteiger partial charge is 0.348 e. The van der Waals surface area contributed by atoms with Crippen molar-refractivity contribution in [1.82, 2.24) is 10.3 Å². The lowest BCUT2D eigenvalue weighted by Gasteiger charge is -2.07. The molecule has 0 aliphatic rings. The Morgan fingerprint density at radius 1 is 1.32 bits per heavy atom. The average Bonchev–Trinajstić information content (AvgIpc) is 2.40. The summed E-state index contributed by atoms with van der Waals surface area (Å²) in [6.07, 6.45) is 1.58. The zero-order valence-corrected chi connectivity index (χ0v) is 12.8. The summed E-state index contributed by atoms with van der Waals surface area (Å²) in [5.41, 5.74) is 0.834. The van der Waals surface area contributed by atoms with Crippen molar-refractivity contribution in [3.63, 3.8) is 0 Å². The number of nitrogens with one attached hydrogen (secondary N) is 1. The van der Waals surface area contributed by atoms with Crippen molar-refractivity contribution in [2.75, 3.05) is 0 Å². The van der Waals surface area contributed by atoms with Crippen LogP contribution in [0.15, 0.2) is 45.6 Å². The number of carbonyl (C=O) groups is 1. The van der Waals surface area contributed by atoms with Gasteiger partial charge < -0.3 is 5.32 Å². The molecule has 1 heterocycles. The molecule has 2 rings (SSSR count). The second kappa shape index (κ2) is 6.25. The fourth-order valence-electron chi connectivity index (χ4n) is 1.50. The van der Waals surface area contributed by atoms with Gasteiger partial charge in [0.1, 0.15) is 10.4 Å². The lowest BCUT2D eigenvalue weighted by atomic mass is 10.2.